The summed E-state index contributed by atoms with van der Waals surface area (Å²) in [5.41, 5.74) is 2.51. The van der Waals surface area contributed by atoms with Gasteiger partial charge in [0.2, 0.25) is 0 Å². The van der Waals surface area contributed by atoms with Crippen molar-refractivity contribution >= 4 is 17.4 Å². The summed E-state index contributed by atoms with van der Waals surface area (Å²) in [5.74, 6) is -0.698. The van der Waals surface area contributed by atoms with Crippen molar-refractivity contribution in [1.82, 2.24) is 15.1 Å². The number of ketones is 1. The Hall–Kier alpha value is -3.16. The Balaban J connectivity index is 1.69. The Kier molecular flexibility index (Phi) is 7.34. The van der Waals surface area contributed by atoms with Crippen LogP contribution in [0.25, 0.3) is 5.76 Å². The second-order valence-electron chi connectivity index (χ2n) is 9.19. The number of Topliss-reactive ketones (excluding diaryl/α,β-unsaturated/α-hetero) is 1. The van der Waals surface area contributed by atoms with Gasteiger partial charge in [-0.1, -0.05) is 29.8 Å². The molecule has 4 rings (SSSR count). The van der Waals surface area contributed by atoms with Crippen LogP contribution in [0.4, 0.5) is 0 Å². The second-order valence-corrected chi connectivity index (χ2v) is 9.19. The minimum Gasteiger partial charge on any atom is -0.507 e. The van der Waals surface area contributed by atoms with Crippen LogP contribution >= 0.6 is 0 Å². The number of aryl methyl sites for hydroxylation is 1. The molecule has 2 fully saturated rings. The van der Waals surface area contributed by atoms with Gasteiger partial charge in [0.1, 0.15) is 11.5 Å². The molecule has 2 aliphatic heterocycles. The quantitative estimate of drug-likeness (QED) is 0.373. The molecule has 2 saturated heterocycles. The van der Waals surface area contributed by atoms with Crippen LogP contribution in [0, 0.1) is 6.92 Å². The van der Waals surface area contributed by atoms with Gasteiger partial charge in [0.25, 0.3) is 11.7 Å². The van der Waals surface area contributed by atoms with Crippen molar-refractivity contribution in [2.45, 2.75) is 32.9 Å². The third-order valence-corrected chi connectivity index (χ3v) is 6.30. The van der Waals surface area contributed by atoms with Gasteiger partial charge in [-0.3, -0.25) is 14.5 Å². The van der Waals surface area contributed by atoms with E-state index in [1.165, 1.54) is 0 Å². The van der Waals surface area contributed by atoms with Crippen LogP contribution in [0.15, 0.2) is 54.1 Å². The highest BCUT2D eigenvalue weighted by molar-refractivity contribution is 6.46. The molecule has 0 saturated carbocycles. The topological polar surface area (TPSA) is 82.1 Å². The number of amides is 1. The van der Waals surface area contributed by atoms with E-state index in [1.807, 2.05) is 45.0 Å². The Morgan fingerprint density at radius 3 is 2.29 bits per heavy atom. The lowest BCUT2D eigenvalue weighted by atomic mass is 9.94. The fourth-order valence-electron chi connectivity index (χ4n) is 4.51. The monoisotopic (exact) mass is 463 g/mol. The van der Waals surface area contributed by atoms with Crippen LogP contribution in [0.3, 0.4) is 0 Å². The lowest BCUT2D eigenvalue weighted by Crippen LogP contribution is -2.46. The summed E-state index contributed by atoms with van der Waals surface area (Å²) < 4.78 is 5.68. The van der Waals surface area contributed by atoms with Gasteiger partial charge in [0.05, 0.1) is 17.7 Å². The first-order chi connectivity index (χ1) is 16.3. The summed E-state index contributed by atoms with van der Waals surface area (Å²) in [4.78, 5) is 30.2. The molecule has 34 heavy (non-hydrogen) atoms. The van der Waals surface area contributed by atoms with Gasteiger partial charge in [-0.25, -0.2) is 0 Å². The fourth-order valence-corrected chi connectivity index (χ4v) is 4.51. The highest BCUT2D eigenvalue weighted by atomic mass is 16.5. The van der Waals surface area contributed by atoms with E-state index in [0.29, 0.717) is 24.4 Å². The lowest BCUT2D eigenvalue weighted by Gasteiger charge is -2.31. The van der Waals surface area contributed by atoms with Crippen molar-refractivity contribution in [1.29, 1.82) is 0 Å². The van der Waals surface area contributed by atoms with Crippen LogP contribution in [0.1, 0.15) is 36.6 Å². The van der Waals surface area contributed by atoms with Gasteiger partial charge in [0, 0.05) is 44.8 Å². The van der Waals surface area contributed by atoms with Crippen molar-refractivity contribution in [3.05, 3.63) is 70.8 Å². The summed E-state index contributed by atoms with van der Waals surface area (Å²) >= 11 is 0. The van der Waals surface area contributed by atoms with Crippen molar-refractivity contribution < 1.29 is 19.4 Å². The molecule has 1 unspecified atom stereocenters. The van der Waals surface area contributed by atoms with Crippen LogP contribution in [0.2, 0.25) is 0 Å². The molecule has 180 valence electrons. The van der Waals surface area contributed by atoms with E-state index in [0.717, 1.165) is 37.3 Å². The Morgan fingerprint density at radius 2 is 1.68 bits per heavy atom. The lowest BCUT2D eigenvalue weighted by molar-refractivity contribution is -0.140. The zero-order chi connectivity index (χ0) is 24.2. The third-order valence-electron chi connectivity index (χ3n) is 6.30. The number of piperazine rings is 1. The predicted octanol–water partition coefficient (Wildman–Crippen LogP) is 3.11. The van der Waals surface area contributed by atoms with Crippen LogP contribution < -0.4 is 10.1 Å². The number of aliphatic hydroxyl groups is 1. The highest BCUT2D eigenvalue weighted by Gasteiger charge is 2.46. The number of benzene rings is 2. The standard InChI is InChI=1S/C27H33N3O4/c1-18(2)34-22-10-8-21(9-11-22)25(31)23-24(20-6-4-19(3)5-7-20)30(27(33)26(23)32)17-16-29-14-12-28-13-15-29/h4-11,18,24,28,31H,12-17H2,1-3H3. The zero-order valence-electron chi connectivity index (χ0n) is 20.1. The number of nitrogens with one attached hydrogen (secondary N) is 1. The van der Waals surface area contributed by atoms with Gasteiger partial charge in [-0.2, -0.15) is 0 Å². The van der Waals surface area contributed by atoms with Crippen molar-refractivity contribution in [3.8, 4) is 5.75 Å². The maximum Gasteiger partial charge on any atom is 0.295 e. The summed E-state index contributed by atoms with van der Waals surface area (Å²) in [6, 6.07) is 14.1. The number of aliphatic hydroxyl groups excluding tert-OH is 1. The number of carbonyl (C=O) groups excluding carboxylic acids is 2. The van der Waals surface area contributed by atoms with Crippen molar-refractivity contribution in [2.75, 3.05) is 39.3 Å². The SMILES string of the molecule is Cc1ccc(C2C(=C(O)c3ccc(OC(C)C)cc3)C(=O)C(=O)N2CCN2CCNCC2)cc1. The van der Waals surface area contributed by atoms with Gasteiger partial charge >= 0.3 is 0 Å². The van der Waals surface area contributed by atoms with E-state index in [2.05, 4.69) is 10.2 Å². The van der Waals surface area contributed by atoms with E-state index in [-0.39, 0.29) is 17.4 Å². The molecule has 2 N–H and O–H groups in total. The number of rotatable bonds is 7. The van der Waals surface area contributed by atoms with Crippen LogP contribution in [-0.2, 0) is 9.59 Å². The normalized spacial score (nSPS) is 20.8. The number of ether oxygens (including phenoxy) is 1. The van der Waals surface area contributed by atoms with E-state index < -0.39 is 17.7 Å². The molecule has 2 heterocycles. The molecule has 0 bridgehead atoms. The predicted molar refractivity (Wildman–Crippen MR) is 132 cm³/mol. The number of hydrogen-bond acceptors (Lipinski definition) is 6. The molecule has 0 aliphatic carbocycles. The Labute approximate surface area is 201 Å². The van der Waals surface area contributed by atoms with Crippen LogP contribution in [-0.4, -0.2) is 72.0 Å². The third kappa shape index (κ3) is 5.16. The zero-order valence-corrected chi connectivity index (χ0v) is 20.1. The van der Waals surface area contributed by atoms with Crippen molar-refractivity contribution in [3.63, 3.8) is 0 Å². The van der Waals surface area contributed by atoms with E-state index in [9.17, 15) is 14.7 Å². The summed E-state index contributed by atoms with van der Waals surface area (Å²) in [6.07, 6.45) is 0.0296. The average molecular weight is 464 g/mol. The maximum absolute atomic E-state index is 13.2. The summed E-state index contributed by atoms with van der Waals surface area (Å²) in [7, 11) is 0. The van der Waals surface area contributed by atoms with Gasteiger partial charge < -0.3 is 20.1 Å². The highest BCUT2D eigenvalue weighted by Crippen LogP contribution is 2.39. The van der Waals surface area contributed by atoms with Gasteiger partial charge in [-0.15, -0.1) is 0 Å². The molecule has 1 amide bonds. The minimum absolute atomic E-state index is 0.0296. The molecule has 2 aromatic rings. The molecule has 2 aliphatic rings. The van der Waals surface area contributed by atoms with E-state index in [1.54, 1.807) is 29.2 Å². The maximum atomic E-state index is 13.2. The van der Waals surface area contributed by atoms with Gasteiger partial charge in [0.15, 0.2) is 0 Å². The molecule has 0 radical (unpaired) electrons. The molecule has 7 heteroatoms. The number of hydrogen-bond donors (Lipinski definition) is 2. The smallest absolute Gasteiger partial charge is 0.295 e. The number of carbonyl (C=O) groups is 2. The Bertz CT molecular complexity index is 1050. The van der Waals surface area contributed by atoms with Gasteiger partial charge in [-0.05, 0) is 50.6 Å². The first kappa shape index (κ1) is 24.0. The molecule has 1 atom stereocenters. The summed E-state index contributed by atoms with van der Waals surface area (Å²) in [5, 5.41) is 14.5. The largest absolute Gasteiger partial charge is 0.507 e. The van der Waals surface area contributed by atoms with E-state index in [4.69, 9.17) is 4.74 Å². The second kappa shape index (κ2) is 10.4. The molecule has 7 nitrogen and oxygen atoms in total. The minimum atomic E-state index is -0.647. The number of nitrogens with zero attached hydrogens (tertiary/aromatic N) is 2. The first-order valence-corrected chi connectivity index (χ1v) is 11.9. The van der Waals surface area contributed by atoms with Crippen LogP contribution in [0.5, 0.6) is 5.75 Å². The number of likely N-dealkylation sites (tertiary alicyclic amines) is 1. The fraction of sp³-hybridized carbons (Fsp3) is 0.407. The molecule has 2 aromatic carbocycles. The summed E-state index contributed by atoms with van der Waals surface area (Å²) in [6.45, 7) is 10.6. The van der Waals surface area contributed by atoms with E-state index >= 15 is 0 Å². The molecule has 0 spiro atoms. The molecule has 0 aromatic heterocycles. The first-order valence-electron chi connectivity index (χ1n) is 11.9. The average Bonchev–Trinajstić information content (AvgIpc) is 3.08. The van der Waals surface area contributed by atoms with Crippen molar-refractivity contribution in [2.24, 2.45) is 0 Å². The molecular weight excluding hydrogens is 430 g/mol. The molecular formula is C27H33N3O4. The Morgan fingerprint density at radius 1 is 1.03 bits per heavy atom.